The summed E-state index contributed by atoms with van der Waals surface area (Å²) in [6, 6.07) is 33.3. The normalized spacial score (nSPS) is 17.5. The lowest BCUT2D eigenvalue weighted by atomic mass is 9.55. The van der Waals surface area contributed by atoms with Crippen LogP contribution in [-0.2, 0) is 32.3 Å². The van der Waals surface area contributed by atoms with E-state index in [-0.39, 0.29) is 13.1 Å². The van der Waals surface area contributed by atoms with Crippen LogP contribution in [0.25, 0.3) is 0 Å². The summed E-state index contributed by atoms with van der Waals surface area (Å²) in [4.78, 5) is 57.4. The SMILES string of the molecule is CCSCCN(Cc1ccc(Oc2ccccc2)cc1)C(=O)[C@H]1[C@@H](C(=O)O)[C@H](C(=O)O)[C@@H]1C(=O)N(CCSCC)Cc1ccc(Oc2ccccc2)cc1. The third-order valence-electron chi connectivity index (χ3n) is 9.28. The Balaban J connectivity index is 1.39. The van der Waals surface area contributed by atoms with E-state index in [1.807, 2.05) is 98.8 Å². The predicted molar refractivity (Wildman–Crippen MR) is 212 cm³/mol. The van der Waals surface area contributed by atoms with Crippen molar-refractivity contribution in [3.63, 3.8) is 0 Å². The van der Waals surface area contributed by atoms with Crippen LogP contribution in [0.4, 0.5) is 0 Å². The minimum Gasteiger partial charge on any atom is -0.481 e. The minimum atomic E-state index is -1.55. The molecule has 4 aromatic rings. The highest BCUT2D eigenvalue weighted by Gasteiger charge is 2.64. The zero-order valence-electron chi connectivity index (χ0n) is 30.4. The van der Waals surface area contributed by atoms with Crippen LogP contribution in [0, 0.1) is 23.7 Å². The number of para-hydroxylation sites is 2. The van der Waals surface area contributed by atoms with Crippen LogP contribution in [-0.4, -0.2) is 79.9 Å². The van der Waals surface area contributed by atoms with Crippen LogP contribution in [0.1, 0.15) is 25.0 Å². The van der Waals surface area contributed by atoms with Gasteiger partial charge in [-0.05, 0) is 71.2 Å². The number of aliphatic carboxylic acids is 2. The molecule has 0 heterocycles. The summed E-state index contributed by atoms with van der Waals surface area (Å²) in [5.74, 6) is -4.24. The number of hydrogen-bond donors (Lipinski definition) is 2. The largest absolute Gasteiger partial charge is 0.481 e. The monoisotopic (exact) mass is 770 g/mol. The van der Waals surface area contributed by atoms with Crippen LogP contribution in [0.2, 0.25) is 0 Å². The van der Waals surface area contributed by atoms with Gasteiger partial charge in [-0.25, -0.2) is 0 Å². The van der Waals surface area contributed by atoms with Crippen LogP contribution in [0.3, 0.4) is 0 Å². The highest BCUT2D eigenvalue weighted by Crippen LogP contribution is 2.49. The van der Waals surface area contributed by atoms with Crippen molar-refractivity contribution < 1.29 is 38.9 Å². The molecule has 0 saturated heterocycles. The summed E-state index contributed by atoms with van der Waals surface area (Å²) in [6.45, 7) is 4.94. The molecule has 5 rings (SSSR count). The van der Waals surface area contributed by atoms with Crippen LogP contribution in [0.5, 0.6) is 23.0 Å². The number of rotatable bonds is 20. The average Bonchev–Trinajstić information content (AvgIpc) is 3.15. The molecule has 0 aromatic heterocycles. The quantitative estimate of drug-likeness (QED) is 0.0859. The molecule has 12 heteroatoms. The van der Waals surface area contributed by atoms with E-state index in [0.29, 0.717) is 47.6 Å². The number of carboxylic acids is 2. The summed E-state index contributed by atoms with van der Waals surface area (Å²) >= 11 is 3.27. The zero-order valence-corrected chi connectivity index (χ0v) is 32.0. The number of hydrogen-bond acceptors (Lipinski definition) is 8. The molecule has 0 unspecified atom stereocenters. The van der Waals surface area contributed by atoms with Gasteiger partial charge >= 0.3 is 11.9 Å². The van der Waals surface area contributed by atoms with Crippen molar-refractivity contribution >= 4 is 47.3 Å². The third kappa shape index (κ3) is 10.6. The Morgan fingerprint density at radius 3 is 1.17 bits per heavy atom. The number of carbonyl (C=O) groups excluding carboxylic acids is 2. The molecule has 0 radical (unpaired) electrons. The van der Waals surface area contributed by atoms with Gasteiger partial charge in [-0.2, -0.15) is 23.5 Å². The molecule has 0 aliphatic heterocycles. The molecule has 54 heavy (non-hydrogen) atoms. The van der Waals surface area contributed by atoms with Gasteiger partial charge in [0.2, 0.25) is 11.8 Å². The topological polar surface area (TPSA) is 134 Å². The molecule has 1 saturated carbocycles. The summed E-state index contributed by atoms with van der Waals surface area (Å²) in [6.07, 6.45) is 0. The first kappa shape index (κ1) is 40.2. The van der Waals surface area contributed by atoms with Crippen molar-refractivity contribution in [2.24, 2.45) is 23.7 Å². The Morgan fingerprint density at radius 2 is 0.852 bits per heavy atom. The van der Waals surface area contributed by atoms with Crippen molar-refractivity contribution in [2.75, 3.05) is 36.1 Å². The van der Waals surface area contributed by atoms with E-state index in [1.54, 1.807) is 57.6 Å². The molecule has 4 atom stereocenters. The first-order valence-electron chi connectivity index (χ1n) is 18.0. The van der Waals surface area contributed by atoms with E-state index in [9.17, 15) is 29.4 Å². The van der Waals surface area contributed by atoms with E-state index in [4.69, 9.17) is 9.47 Å². The maximum atomic E-state index is 14.5. The first-order chi connectivity index (χ1) is 26.2. The Morgan fingerprint density at radius 1 is 0.519 bits per heavy atom. The van der Waals surface area contributed by atoms with Crippen molar-refractivity contribution in [3.8, 4) is 23.0 Å². The fourth-order valence-electron chi connectivity index (χ4n) is 6.59. The lowest BCUT2D eigenvalue weighted by molar-refractivity contribution is -0.187. The van der Waals surface area contributed by atoms with E-state index in [1.165, 1.54) is 0 Å². The Kier molecular flexibility index (Phi) is 14.9. The number of carbonyl (C=O) groups is 4. The van der Waals surface area contributed by atoms with E-state index >= 15 is 0 Å². The summed E-state index contributed by atoms with van der Waals surface area (Å²) in [7, 11) is 0. The number of carboxylic acid groups (broad SMARTS) is 2. The van der Waals surface area contributed by atoms with Crippen molar-refractivity contribution in [1.29, 1.82) is 0 Å². The van der Waals surface area contributed by atoms with Gasteiger partial charge in [0.15, 0.2) is 0 Å². The van der Waals surface area contributed by atoms with Gasteiger partial charge in [-0.1, -0.05) is 74.5 Å². The molecule has 2 amide bonds. The van der Waals surface area contributed by atoms with Gasteiger partial charge in [0, 0.05) is 37.7 Å². The molecule has 4 aromatic carbocycles. The third-order valence-corrected chi connectivity index (χ3v) is 11.0. The fraction of sp³-hybridized carbons (Fsp3) is 0.333. The Labute approximate surface area is 324 Å². The van der Waals surface area contributed by atoms with Gasteiger partial charge in [0.1, 0.15) is 23.0 Å². The molecular formula is C42H46N2O8S2. The number of benzene rings is 4. The van der Waals surface area contributed by atoms with Gasteiger partial charge in [0.25, 0.3) is 0 Å². The van der Waals surface area contributed by atoms with Gasteiger partial charge < -0.3 is 29.5 Å². The maximum absolute atomic E-state index is 14.5. The molecular weight excluding hydrogens is 725 g/mol. The van der Waals surface area contributed by atoms with Gasteiger partial charge in [-0.15, -0.1) is 0 Å². The smallest absolute Gasteiger partial charge is 0.308 e. The Bertz CT molecular complexity index is 1690. The van der Waals surface area contributed by atoms with E-state index in [2.05, 4.69) is 0 Å². The highest BCUT2D eigenvalue weighted by molar-refractivity contribution is 7.99. The number of nitrogens with zero attached hydrogens (tertiary/aromatic N) is 2. The maximum Gasteiger partial charge on any atom is 0.308 e. The van der Waals surface area contributed by atoms with E-state index in [0.717, 1.165) is 22.6 Å². The molecule has 10 nitrogen and oxygen atoms in total. The second-order valence-electron chi connectivity index (χ2n) is 12.8. The molecule has 0 bridgehead atoms. The number of amides is 2. The molecule has 0 spiro atoms. The predicted octanol–water partition coefficient (Wildman–Crippen LogP) is 7.78. The number of thioether (sulfide) groups is 2. The van der Waals surface area contributed by atoms with Gasteiger partial charge in [0.05, 0.1) is 23.7 Å². The summed E-state index contributed by atoms with van der Waals surface area (Å²) in [5, 5.41) is 20.6. The summed E-state index contributed by atoms with van der Waals surface area (Å²) in [5.41, 5.74) is 1.57. The minimum absolute atomic E-state index is 0.157. The molecule has 1 aliphatic rings. The van der Waals surface area contributed by atoms with E-state index < -0.39 is 47.4 Å². The van der Waals surface area contributed by atoms with Gasteiger partial charge in [-0.3, -0.25) is 19.2 Å². The zero-order chi connectivity index (χ0) is 38.5. The van der Waals surface area contributed by atoms with Crippen molar-refractivity contribution in [1.82, 2.24) is 9.80 Å². The average molecular weight is 771 g/mol. The fourth-order valence-corrected chi connectivity index (χ4v) is 7.86. The Hall–Kier alpha value is -4.94. The van der Waals surface area contributed by atoms with Crippen molar-refractivity contribution in [3.05, 3.63) is 120 Å². The summed E-state index contributed by atoms with van der Waals surface area (Å²) < 4.78 is 11.8. The van der Waals surface area contributed by atoms with Crippen LogP contribution < -0.4 is 9.47 Å². The standard InChI is InChI=1S/C42H46N2O8S2/c1-3-53-25-23-43(27-29-15-19-33(20-16-29)51-31-11-7-5-8-12-31)39(45)35-36(38(42(49)50)37(35)41(47)48)40(46)44(24-26-54-4-2)28-30-17-21-34(22-18-30)52-32-13-9-6-10-14-32/h5-22,35-38H,3-4,23-28H2,1-2H3,(H,47,48)(H,49,50)/t35-,36-,37-,38-/m1/s1. The molecule has 1 fully saturated rings. The van der Waals surface area contributed by atoms with Crippen molar-refractivity contribution in [2.45, 2.75) is 26.9 Å². The van der Waals surface area contributed by atoms with Crippen LogP contribution in [0.15, 0.2) is 109 Å². The second kappa shape index (κ2) is 19.9. The molecule has 284 valence electrons. The van der Waals surface area contributed by atoms with Crippen LogP contribution >= 0.6 is 23.5 Å². The first-order valence-corrected chi connectivity index (χ1v) is 20.3. The lowest BCUT2D eigenvalue weighted by Gasteiger charge is -2.48. The lowest BCUT2D eigenvalue weighted by Crippen LogP contribution is -2.64. The molecule has 1 aliphatic carbocycles. The highest BCUT2D eigenvalue weighted by atomic mass is 32.2. The second-order valence-corrected chi connectivity index (χ2v) is 15.6. The number of ether oxygens (including phenoxy) is 2. The molecule has 2 N–H and O–H groups in total.